The summed E-state index contributed by atoms with van der Waals surface area (Å²) in [5, 5.41) is 0. The third kappa shape index (κ3) is 6.60. The number of Topliss-reactive ketones (excluding diaryl/α,β-unsaturated/α-hetero) is 1. The summed E-state index contributed by atoms with van der Waals surface area (Å²) in [6.45, 7) is 4.03. The summed E-state index contributed by atoms with van der Waals surface area (Å²) < 4.78 is 0. The van der Waals surface area contributed by atoms with Crippen LogP contribution in [0.25, 0.3) is 0 Å². The maximum absolute atomic E-state index is 11.3. The number of hydrogen-bond acceptors (Lipinski definition) is 4. The van der Waals surface area contributed by atoms with E-state index in [0.29, 0.717) is 12.8 Å². The number of carbonyl (C=O) groups excluding carboxylic acids is 3. The minimum atomic E-state index is 0.0110. The fraction of sp³-hybridized carbons (Fsp3) is 0.545. The van der Waals surface area contributed by atoms with Crippen molar-refractivity contribution in [1.29, 1.82) is 0 Å². The van der Waals surface area contributed by atoms with Gasteiger partial charge in [-0.05, 0) is 6.42 Å². The zero-order valence-electron chi connectivity index (χ0n) is 9.07. The number of nitrogens with zero attached hydrogens (tertiary/aromatic N) is 1. The fourth-order valence-corrected chi connectivity index (χ4v) is 1.09. The summed E-state index contributed by atoms with van der Waals surface area (Å²) in [5.41, 5.74) is 0.765. The molecule has 0 atom stereocenters. The van der Waals surface area contributed by atoms with E-state index in [-0.39, 0.29) is 25.2 Å². The lowest BCUT2D eigenvalue weighted by molar-refractivity contribution is -0.121. The minimum absolute atomic E-state index is 0.0110. The SMILES string of the molecule is C=C(CCC=O)N(C)CC(=O)CCC=O. The van der Waals surface area contributed by atoms with Gasteiger partial charge in [0.25, 0.3) is 0 Å². The van der Waals surface area contributed by atoms with E-state index in [0.717, 1.165) is 18.3 Å². The quantitative estimate of drug-likeness (QED) is 0.533. The molecule has 0 aromatic heterocycles. The van der Waals surface area contributed by atoms with E-state index in [2.05, 4.69) is 6.58 Å². The molecule has 0 amide bonds. The predicted molar refractivity (Wildman–Crippen MR) is 57.4 cm³/mol. The van der Waals surface area contributed by atoms with Crippen molar-refractivity contribution < 1.29 is 14.4 Å². The van der Waals surface area contributed by atoms with Crippen LogP contribution in [0.5, 0.6) is 0 Å². The highest BCUT2D eigenvalue weighted by Gasteiger charge is 2.07. The van der Waals surface area contributed by atoms with Gasteiger partial charge < -0.3 is 14.5 Å². The summed E-state index contributed by atoms with van der Waals surface area (Å²) in [6.07, 6.45) is 3.10. The molecule has 15 heavy (non-hydrogen) atoms. The fourth-order valence-electron chi connectivity index (χ4n) is 1.09. The molecule has 0 rings (SSSR count). The number of aldehydes is 2. The third-order valence-electron chi connectivity index (χ3n) is 2.05. The molecule has 0 fully saturated rings. The topological polar surface area (TPSA) is 54.5 Å². The third-order valence-corrected chi connectivity index (χ3v) is 2.05. The molecule has 0 aliphatic rings. The summed E-state index contributed by atoms with van der Waals surface area (Å²) in [6, 6.07) is 0. The molecule has 0 aromatic carbocycles. The first-order chi connectivity index (χ1) is 7.11. The van der Waals surface area contributed by atoms with Crippen molar-refractivity contribution in [1.82, 2.24) is 4.90 Å². The molecule has 0 aliphatic heterocycles. The Morgan fingerprint density at radius 1 is 1.20 bits per heavy atom. The van der Waals surface area contributed by atoms with Crippen LogP contribution in [0, 0.1) is 0 Å². The second-order valence-corrected chi connectivity index (χ2v) is 3.37. The van der Waals surface area contributed by atoms with Gasteiger partial charge in [0.2, 0.25) is 0 Å². The average Bonchev–Trinajstić information content (AvgIpc) is 2.22. The Morgan fingerprint density at radius 2 is 1.73 bits per heavy atom. The number of ketones is 1. The maximum atomic E-state index is 11.3. The monoisotopic (exact) mass is 211 g/mol. The van der Waals surface area contributed by atoms with Gasteiger partial charge in [-0.3, -0.25) is 4.79 Å². The van der Waals surface area contributed by atoms with E-state index in [1.165, 1.54) is 0 Å². The van der Waals surface area contributed by atoms with Gasteiger partial charge >= 0.3 is 0 Å². The van der Waals surface area contributed by atoms with Gasteiger partial charge in [0.05, 0.1) is 6.54 Å². The van der Waals surface area contributed by atoms with Crippen LogP contribution < -0.4 is 0 Å². The van der Waals surface area contributed by atoms with Gasteiger partial charge in [-0.1, -0.05) is 6.58 Å². The van der Waals surface area contributed by atoms with Gasteiger partial charge in [0.1, 0.15) is 12.6 Å². The lowest BCUT2D eigenvalue weighted by Gasteiger charge is -2.20. The molecule has 0 radical (unpaired) electrons. The molecule has 84 valence electrons. The van der Waals surface area contributed by atoms with Gasteiger partial charge in [0, 0.05) is 32.0 Å². The Labute approximate surface area is 89.9 Å². The molecule has 0 saturated carbocycles. The van der Waals surface area contributed by atoms with Crippen molar-refractivity contribution in [3.05, 3.63) is 12.3 Å². The van der Waals surface area contributed by atoms with E-state index >= 15 is 0 Å². The number of allylic oxidation sites excluding steroid dienone is 1. The minimum Gasteiger partial charge on any atom is -0.371 e. The predicted octanol–water partition coefficient (Wildman–Crippen LogP) is 0.959. The van der Waals surface area contributed by atoms with Crippen LogP contribution >= 0.6 is 0 Å². The first-order valence-electron chi connectivity index (χ1n) is 4.89. The lowest BCUT2D eigenvalue weighted by atomic mass is 10.2. The summed E-state index contributed by atoms with van der Waals surface area (Å²) in [4.78, 5) is 33.2. The zero-order chi connectivity index (χ0) is 11.7. The second-order valence-electron chi connectivity index (χ2n) is 3.37. The van der Waals surface area contributed by atoms with Crippen LogP contribution in [0.4, 0.5) is 0 Å². The van der Waals surface area contributed by atoms with E-state index < -0.39 is 0 Å². The molecule has 0 bridgehead atoms. The van der Waals surface area contributed by atoms with Gasteiger partial charge in [0.15, 0.2) is 5.78 Å². The van der Waals surface area contributed by atoms with Crippen molar-refractivity contribution in [2.24, 2.45) is 0 Å². The van der Waals surface area contributed by atoms with Gasteiger partial charge in [-0.15, -0.1) is 0 Å². The first-order valence-corrected chi connectivity index (χ1v) is 4.89. The highest BCUT2D eigenvalue weighted by atomic mass is 16.1. The molecule has 0 unspecified atom stereocenters. The van der Waals surface area contributed by atoms with E-state index in [9.17, 15) is 14.4 Å². The first kappa shape index (κ1) is 13.5. The lowest BCUT2D eigenvalue weighted by Crippen LogP contribution is -2.25. The Kier molecular flexibility index (Phi) is 7.14. The highest BCUT2D eigenvalue weighted by Crippen LogP contribution is 2.06. The molecule has 0 spiro atoms. The van der Waals surface area contributed by atoms with Crippen LogP contribution in [0.2, 0.25) is 0 Å². The molecule has 4 nitrogen and oxygen atoms in total. The Hall–Kier alpha value is -1.45. The van der Waals surface area contributed by atoms with Crippen molar-refractivity contribution in [2.45, 2.75) is 25.7 Å². The van der Waals surface area contributed by atoms with Crippen LogP contribution in [-0.4, -0.2) is 36.8 Å². The number of carbonyl (C=O) groups is 3. The van der Waals surface area contributed by atoms with E-state index in [1.54, 1.807) is 11.9 Å². The van der Waals surface area contributed by atoms with Crippen LogP contribution in [0.15, 0.2) is 12.3 Å². The van der Waals surface area contributed by atoms with Crippen molar-refractivity contribution in [3.63, 3.8) is 0 Å². The molecule has 0 saturated heterocycles. The number of likely N-dealkylation sites (N-methyl/N-ethyl adjacent to an activating group) is 1. The zero-order valence-corrected chi connectivity index (χ0v) is 9.07. The van der Waals surface area contributed by atoms with Crippen molar-refractivity contribution in [3.8, 4) is 0 Å². The van der Waals surface area contributed by atoms with E-state index in [1.807, 2.05) is 0 Å². The standard InChI is InChI=1S/C11H17NO3/c1-10(5-3-7-13)12(2)9-11(15)6-4-8-14/h7-8H,1,3-6,9H2,2H3. The van der Waals surface area contributed by atoms with Crippen molar-refractivity contribution in [2.75, 3.05) is 13.6 Å². The maximum Gasteiger partial charge on any atom is 0.152 e. The second kappa shape index (κ2) is 7.91. The Bertz CT molecular complexity index is 248. The Morgan fingerprint density at radius 3 is 2.27 bits per heavy atom. The molecule has 0 N–H and O–H groups in total. The molecule has 4 heteroatoms. The number of rotatable bonds is 9. The summed E-state index contributed by atoms with van der Waals surface area (Å²) >= 11 is 0. The highest BCUT2D eigenvalue weighted by molar-refractivity contribution is 5.82. The molecular formula is C11H17NO3. The van der Waals surface area contributed by atoms with Crippen LogP contribution in [-0.2, 0) is 14.4 Å². The van der Waals surface area contributed by atoms with E-state index in [4.69, 9.17) is 0 Å². The van der Waals surface area contributed by atoms with Crippen LogP contribution in [0.1, 0.15) is 25.7 Å². The summed E-state index contributed by atoms with van der Waals surface area (Å²) in [7, 11) is 1.76. The molecule has 0 aliphatic carbocycles. The van der Waals surface area contributed by atoms with Crippen molar-refractivity contribution >= 4 is 18.4 Å². The summed E-state index contributed by atoms with van der Waals surface area (Å²) in [5.74, 6) is 0.0110. The average molecular weight is 211 g/mol. The smallest absolute Gasteiger partial charge is 0.152 e. The van der Waals surface area contributed by atoms with Crippen LogP contribution in [0.3, 0.4) is 0 Å². The normalized spacial score (nSPS) is 9.40. The largest absolute Gasteiger partial charge is 0.371 e. The Balaban J connectivity index is 3.84. The number of hydrogen-bond donors (Lipinski definition) is 0. The van der Waals surface area contributed by atoms with Gasteiger partial charge in [-0.25, -0.2) is 0 Å². The molecule has 0 heterocycles. The molecular weight excluding hydrogens is 194 g/mol. The molecule has 0 aromatic rings. The van der Waals surface area contributed by atoms with Gasteiger partial charge in [-0.2, -0.15) is 0 Å².